The van der Waals surface area contributed by atoms with Crippen LogP contribution in [0.1, 0.15) is 30.0 Å². The smallest absolute Gasteiger partial charge is 0.234 e. The average Bonchev–Trinajstić information content (AvgIpc) is 2.65. The minimum absolute atomic E-state index is 0.129. The van der Waals surface area contributed by atoms with Crippen molar-refractivity contribution >= 4 is 39.3 Å². The van der Waals surface area contributed by atoms with Gasteiger partial charge < -0.3 is 4.90 Å². The van der Waals surface area contributed by atoms with E-state index in [9.17, 15) is 13.2 Å². The fourth-order valence-electron chi connectivity index (χ4n) is 3.08. The number of aryl methyl sites for hydroxylation is 1. The number of fused-ring (bicyclic) bond motifs is 1. The lowest BCUT2D eigenvalue weighted by Gasteiger charge is -2.28. The number of sulfonamides is 1. The average molecular weight is 405 g/mol. The number of rotatable bonds is 6. The van der Waals surface area contributed by atoms with E-state index in [1.807, 2.05) is 25.1 Å². The van der Waals surface area contributed by atoms with Gasteiger partial charge in [-0.25, -0.2) is 13.1 Å². The fourth-order valence-corrected chi connectivity index (χ4v) is 4.08. The second-order valence-electron chi connectivity index (χ2n) is 6.32. The standard InChI is InChI=1S/C20H21ClN2O3S/c1-2-23-19-8-6-16(12-17(19)7-9-20(23)24)14-22-27(25,26)11-10-15-4-3-5-18(21)13-15/h3-6,8,10-13,22H,2,7,9,14H2,1H3. The van der Waals surface area contributed by atoms with Crippen LogP contribution in [0.15, 0.2) is 47.9 Å². The maximum Gasteiger partial charge on any atom is 0.234 e. The zero-order valence-corrected chi connectivity index (χ0v) is 16.6. The highest BCUT2D eigenvalue weighted by atomic mass is 35.5. The largest absolute Gasteiger partial charge is 0.312 e. The highest BCUT2D eigenvalue weighted by Crippen LogP contribution is 2.28. The molecule has 0 aliphatic carbocycles. The Morgan fingerprint density at radius 1 is 1.19 bits per heavy atom. The zero-order chi connectivity index (χ0) is 19.4. The molecule has 3 rings (SSSR count). The predicted octanol–water partition coefficient (Wildman–Crippen LogP) is 3.73. The van der Waals surface area contributed by atoms with Crippen molar-refractivity contribution in [1.82, 2.24) is 4.72 Å². The van der Waals surface area contributed by atoms with E-state index in [0.29, 0.717) is 30.0 Å². The molecular formula is C20H21ClN2O3S. The van der Waals surface area contributed by atoms with Gasteiger partial charge in [-0.3, -0.25) is 4.79 Å². The van der Waals surface area contributed by atoms with Crippen molar-refractivity contribution in [2.24, 2.45) is 0 Å². The predicted molar refractivity (Wildman–Crippen MR) is 109 cm³/mol. The molecule has 27 heavy (non-hydrogen) atoms. The van der Waals surface area contributed by atoms with Crippen LogP contribution in [0, 0.1) is 0 Å². The Labute approximate surface area is 164 Å². The minimum Gasteiger partial charge on any atom is -0.312 e. The van der Waals surface area contributed by atoms with Crippen LogP contribution in [-0.4, -0.2) is 20.9 Å². The molecule has 0 radical (unpaired) electrons. The molecule has 0 saturated carbocycles. The lowest BCUT2D eigenvalue weighted by atomic mass is 9.99. The molecule has 1 heterocycles. The molecule has 2 aromatic carbocycles. The van der Waals surface area contributed by atoms with E-state index in [-0.39, 0.29) is 12.5 Å². The van der Waals surface area contributed by atoms with E-state index < -0.39 is 10.0 Å². The molecule has 0 aromatic heterocycles. The maximum atomic E-state index is 12.2. The van der Waals surface area contributed by atoms with Crippen LogP contribution >= 0.6 is 11.6 Å². The van der Waals surface area contributed by atoms with Crippen molar-refractivity contribution in [3.05, 3.63) is 69.6 Å². The molecule has 1 N–H and O–H groups in total. The summed E-state index contributed by atoms with van der Waals surface area (Å²) in [6.07, 6.45) is 2.67. The molecule has 0 bridgehead atoms. The molecule has 7 heteroatoms. The maximum absolute atomic E-state index is 12.2. The number of carbonyl (C=O) groups excluding carboxylic acids is 1. The monoisotopic (exact) mass is 404 g/mol. The summed E-state index contributed by atoms with van der Waals surface area (Å²) in [7, 11) is -3.57. The van der Waals surface area contributed by atoms with Gasteiger partial charge in [-0.2, -0.15) is 0 Å². The highest BCUT2D eigenvalue weighted by Gasteiger charge is 2.22. The summed E-state index contributed by atoms with van der Waals surface area (Å²) in [5.74, 6) is 0.129. The number of hydrogen-bond acceptors (Lipinski definition) is 3. The normalized spacial score (nSPS) is 14.6. The first-order chi connectivity index (χ1) is 12.9. The van der Waals surface area contributed by atoms with Gasteiger partial charge in [0, 0.05) is 35.6 Å². The van der Waals surface area contributed by atoms with Gasteiger partial charge in [0.05, 0.1) is 0 Å². The van der Waals surface area contributed by atoms with Gasteiger partial charge in [0.15, 0.2) is 0 Å². The minimum atomic E-state index is -3.57. The first-order valence-electron chi connectivity index (χ1n) is 8.73. The van der Waals surface area contributed by atoms with Gasteiger partial charge in [-0.05, 0) is 54.3 Å². The highest BCUT2D eigenvalue weighted by molar-refractivity contribution is 7.92. The summed E-state index contributed by atoms with van der Waals surface area (Å²) < 4.78 is 27.0. The van der Waals surface area contributed by atoms with E-state index in [2.05, 4.69) is 4.72 Å². The number of nitrogens with zero attached hydrogens (tertiary/aromatic N) is 1. The molecule has 1 amide bonds. The summed E-state index contributed by atoms with van der Waals surface area (Å²) in [6, 6.07) is 12.7. The number of anilines is 1. The molecule has 1 aliphatic heterocycles. The summed E-state index contributed by atoms with van der Waals surface area (Å²) in [5, 5.41) is 1.69. The number of hydrogen-bond donors (Lipinski definition) is 1. The summed E-state index contributed by atoms with van der Waals surface area (Å²) in [4.78, 5) is 13.7. The quantitative estimate of drug-likeness (QED) is 0.797. The summed E-state index contributed by atoms with van der Waals surface area (Å²) in [5.41, 5.74) is 3.56. The number of halogens is 1. The van der Waals surface area contributed by atoms with Gasteiger partial charge in [-0.1, -0.05) is 35.9 Å². The van der Waals surface area contributed by atoms with E-state index in [0.717, 1.165) is 22.2 Å². The summed E-state index contributed by atoms with van der Waals surface area (Å²) >= 11 is 5.90. The topological polar surface area (TPSA) is 66.5 Å². The molecule has 142 valence electrons. The molecule has 5 nitrogen and oxygen atoms in total. The summed E-state index contributed by atoms with van der Waals surface area (Å²) in [6.45, 7) is 2.77. The molecule has 0 saturated heterocycles. The fraction of sp³-hybridized carbons (Fsp3) is 0.250. The van der Waals surface area contributed by atoms with Crippen molar-refractivity contribution in [2.75, 3.05) is 11.4 Å². The van der Waals surface area contributed by atoms with Crippen molar-refractivity contribution in [3.63, 3.8) is 0 Å². The molecule has 0 unspecified atom stereocenters. The van der Waals surface area contributed by atoms with Gasteiger partial charge >= 0.3 is 0 Å². The van der Waals surface area contributed by atoms with Crippen LogP contribution in [0.2, 0.25) is 5.02 Å². The van der Waals surface area contributed by atoms with Crippen LogP contribution in [-0.2, 0) is 27.8 Å². The second kappa shape index (κ2) is 8.25. The van der Waals surface area contributed by atoms with Crippen molar-refractivity contribution in [2.45, 2.75) is 26.3 Å². The Morgan fingerprint density at radius 3 is 2.74 bits per heavy atom. The van der Waals surface area contributed by atoms with Crippen LogP contribution in [0.25, 0.3) is 6.08 Å². The third kappa shape index (κ3) is 4.97. The van der Waals surface area contributed by atoms with Gasteiger partial charge in [-0.15, -0.1) is 0 Å². The van der Waals surface area contributed by atoms with Gasteiger partial charge in [0.2, 0.25) is 15.9 Å². The van der Waals surface area contributed by atoms with Gasteiger partial charge in [0.25, 0.3) is 0 Å². The Kier molecular flexibility index (Phi) is 5.99. The molecule has 0 atom stereocenters. The van der Waals surface area contributed by atoms with E-state index in [1.165, 1.54) is 6.08 Å². The Hall–Kier alpha value is -2.15. The van der Waals surface area contributed by atoms with E-state index in [1.54, 1.807) is 29.2 Å². The molecule has 1 aliphatic rings. The van der Waals surface area contributed by atoms with Crippen LogP contribution in [0.3, 0.4) is 0 Å². The third-order valence-corrected chi connectivity index (χ3v) is 5.70. The molecule has 0 spiro atoms. The second-order valence-corrected chi connectivity index (χ2v) is 8.41. The Balaban J connectivity index is 1.68. The van der Waals surface area contributed by atoms with Crippen LogP contribution in [0.5, 0.6) is 0 Å². The first-order valence-corrected chi connectivity index (χ1v) is 10.7. The van der Waals surface area contributed by atoms with Crippen molar-refractivity contribution in [1.29, 1.82) is 0 Å². The van der Waals surface area contributed by atoms with E-state index >= 15 is 0 Å². The number of benzene rings is 2. The lowest BCUT2D eigenvalue weighted by Crippen LogP contribution is -2.34. The van der Waals surface area contributed by atoms with Gasteiger partial charge in [0.1, 0.15) is 0 Å². The van der Waals surface area contributed by atoms with E-state index in [4.69, 9.17) is 11.6 Å². The lowest BCUT2D eigenvalue weighted by molar-refractivity contribution is -0.118. The zero-order valence-electron chi connectivity index (χ0n) is 15.0. The van der Waals surface area contributed by atoms with Crippen LogP contribution < -0.4 is 9.62 Å². The first kappa shape index (κ1) is 19.6. The number of amides is 1. The Morgan fingerprint density at radius 2 is 2.00 bits per heavy atom. The Bertz CT molecular complexity index is 986. The number of nitrogens with one attached hydrogen (secondary N) is 1. The third-order valence-electron chi connectivity index (χ3n) is 4.43. The van der Waals surface area contributed by atoms with Crippen molar-refractivity contribution in [3.8, 4) is 0 Å². The SMILES string of the molecule is CCN1C(=O)CCc2cc(CNS(=O)(=O)C=Cc3cccc(Cl)c3)ccc21. The number of carbonyl (C=O) groups is 1. The molecular weight excluding hydrogens is 384 g/mol. The molecule has 2 aromatic rings. The van der Waals surface area contributed by atoms with Crippen LogP contribution in [0.4, 0.5) is 5.69 Å². The molecule has 0 fully saturated rings. The van der Waals surface area contributed by atoms with Crippen molar-refractivity contribution < 1.29 is 13.2 Å².